The standard InChI is InChI=1S/C22H23N9O/c32-21(24-15-6-7-15)17-12-19(28-27-17)25-20-18-5-3-10-31(18)29-22(26-20)30-11-8-14(13-30)16-4-1-2-9-23-16/h1-5,9-10,12,14-15H,6-8,11,13H2,(H,24,32)(H2,25,26,27,28,29)/t14-/m1/s1. The lowest BCUT2D eigenvalue weighted by Gasteiger charge is -2.17. The summed E-state index contributed by atoms with van der Waals surface area (Å²) in [5.41, 5.74) is 2.36. The molecule has 0 radical (unpaired) electrons. The molecule has 5 heterocycles. The molecule has 1 aliphatic heterocycles. The third kappa shape index (κ3) is 3.64. The lowest BCUT2D eigenvalue weighted by Crippen LogP contribution is -2.25. The summed E-state index contributed by atoms with van der Waals surface area (Å²) in [5, 5.41) is 18.0. The van der Waals surface area contributed by atoms with Gasteiger partial charge in [-0.25, -0.2) is 4.52 Å². The number of amides is 1. The van der Waals surface area contributed by atoms with Gasteiger partial charge in [0.1, 0.15) is 11.2 Å². The second-order valence-corrected chi connectivity index (χ2v) is 8.32. The number of H-pyrrole nitrogens is 1. The number of fused-ring (bicyclic) bond motifs is 1. The van der Waals surface area contributed by atoms with Crippen molar-refractivity contribution in [2.75, 3.05) is 23.3 Å². The molecule has 0 unspecified atom stereocenters. The van der Waals surface area contributed by atoms with E-state index in [2.05, 4.69) is 36.8 Å². The third-order valence-corrected chi connectivity index (χ3v) is 5.94. The maximum Gasteiger partial charge on any atom is 0.269 e. The number of aromatic nitrogens is 6. The Bertz CT molecular complexity index is 1260. The Kier molecular flexibility index (Phi) is 4.48. The first-order valence-corrected chi connectivity index (χ1v) is 10.9. The van der Waals surface area contributed by atoms with E-state index in [4.69, 9.17) is 10.1 Å². The van der Waals surface area contributed by atoms with Gasteiger partial charge in [-0.1, -0.05) is 6.07 Å². The molecule has 4 aromatic heterocycles. The van der Waals surface area contributed by atoms with Crippen molar-refractivity contribution in [3.05, 3.63) is 60.2 Å². The van der Waals surface area contributed by atoms with Crippen LogP contribution in [0.1, 0.15) is 41.4 Å². The molecule has 1 saturated carbocycles. The van der Waals surface area contributed by atoms with Crippen LogP contribution in [-0.4, -0.2) is 54.8 Å². The van der Waals surface area contributed by atoms with Crippen molar-refractivity contribution in [1.29, 1.82) is 0 Å². The van der Waals surface area contributed by atoms with Gasteiger partial charge in [0, 0.05) is 49.2 Å². The van der Waals surface area contributed by atoms with Crippen LogP contribution in [0.4, 0.5) is 17.6 Å². The van der Waals surface area contributed by atoms with Gasteiger partial charge < -0.3 is 15.5 Å². The number of aromatic amines is 1. The van der Waals surface area contributed by atoms with Crippen LogP contribution >= 0.6 is 0 Å². The van der Waals surface area contributed by atoms with E-state index >= 15 is 0 Å². The van der Waals surface area contributed by atoms with Gasteiger partial charge in [0.25, 0.3) is 5.91 Å². The predicted molar refractivity (Wildman–Crippen MR) is 119 cm³/mol. The number of nitrogens with one attached hydrogen (secondary N) is 3. The third-order valence-electron chi connectivity index (χ3n) is 5.94. The van der Waals surface area contributed by atoms with Gasteiger partial charge in [-0.05, 0) is 43.5 Å². The largest absolute Gasteiger partial charge is 0.348 e. The van der Waals surface area contributed by atoms with Crippen LogP contribution in [0.3, 0.4) is 0 Å². The van der Waals surface area contributed by atoms with Crippen LogP contribution in [0.15, 0.2) is 48.8 Å². The summed E-state index contributed by atoms with van der Waals surface area (Å²) in [7, 11) is 0. The van der Waals surface area contributed by atoms with Crippen molar-refractivity contribution in [2.24, 2.45) is 0 Å². The second-order valence-electron chi connectivity index (χ2n) is 8.32. The van der Waals surface area contributed by atoms with Gasteiger partial charge in [0.15, 0.2) is 11.6 Å². The van der Waals surface area contributed by atoms with E-state index in [1.165, 1.54) is 0 Å². The van der Waals surface area contributed by atoms with Crippen molar-refractivity contribution in [3.63, 3.8) is 0 Å². The van der Waals surface area contributed by atoms with E-state index in [9.17, 15) is 4.79 Å². The number of nitrogens with zero attached hydrogens (tertiary/aromatic N) is 6. The van der Waals surface area contributed by atoms with Crippen LogP contribution in [0.2, 0.25) is 0 Å². The molecule has 162 valence electrons. The van der Waals surface area contributed by atoms with Gasteiger partial charge in [-0.3, -0.25) is 14.9 Å². The SMILES string of the molecule is O=C(NC1CC1)c1cc(Nc2nc(N3CC[C@@H](c4ccccn4)C3)nn3cccc23)n[nH]1. The monoisotopic (exact) mass is 429 g/mol. The van der Waals surface area contributed by atoms with Gasteiger partial charge in [-0.2, -0.15) is 10.1 Å². The molecule has 2 fully saturated rings. The van der Waals surface area contributed by atoms with Crippen molar-refractivity contribution < 1.29 is 4.79 Å². The van der Waals surface area contributed by atoms with Crippen LogP contribution < -0.4 is 15.5 Å². The lowest BCUT2D eigenvalue weighted by molar-refractivity contribution is 0.0946. The Labute approximate surface area is 184 Å². The molecule has 32 heavy (non-hydrogen) atoms. The zero-order valence-electron chi connectivity index (χ0n) is 17.4. The molecule has 0 aromatic carbocycles. The topological polar surface area (TPSA) is 116 Å². The summed E-state index contributed by atoms with van der Waals surface area (Å²) in [5.74, 6) is 2.04. The zero-order chi connectivity index (χ0) is 21.5. The van der Waals surface area contributed by atoms with Gasteiger partial charge in [0.05, 0.1) is 0 Å². The van der Waals surface area contributed by atoms with E-state index < -0.39 is 0 Å². The number of carbonyl (C=O) groups is 1. The van der Waals surface area contributed by atoms with Gasteiger partial charge >= 0.3 is 0 Å². The van der Waals surface area contributed by atoms with Crippen molar-refractivity contribution >= 4 is 29.0 Å². The highest BCUT2D eigenvalue weighted by Gasteiger charge is 2.28. The summed E-state index contributed by atoms with van der Waals surface area (Å²) in [6.07, 6.45) is 6.82. The highest BCUT2D eigenvalue weighted by molar-refractivity contribution is 5.93. The minimum Gasteiger partial charge on any atom is -0.348 e. The Balaban J connectivity index is 1.24. The second kappa shape index (κ2) is 7.63. The first-order valence-electron chi connectivity index (χ1n) is 10.9. The molecule has 0 spiro atoms. The van der Waals surface area contributed by atoms with E-state index in [0.717, 1.165) is 43.6 Å². The molecule has 3 N–H and O–H groups in total. The number of anilines is 3. The first kappa shape index (κ1) is 18.8. The molecule has 0 bridgehead atoms. The Morgan fingerprint density at radius 1 is 1.16 bits per heavy atom. The predicted octanol–water partition coefficient (Wildman–Crippen LogP) is 2.48. The quantitative estimate of drug-likeness (QED) is 0.431. The van der Waals surface area contributed by atoms with Gasteiger partial charge in [0.2, 0.25) is 5.95 Å². The van der Waals surface area contributed by atoms with Crippen LogP contribution in [0.25, 0.3) is 5.52 Å². The minimum atomic E-state index is -0.137. The number of pyridine rings is 1. The maximum absolute atomic E-state index is 12.3. The normalized spacial score (nSPS) is 18.2. The number of hydrogen-bond donors (Lipinski definition) is 3. The minimum absolute atomic E-state index is 0.137. The van der Waals surface area contributed by atoms with Crippen molar-refractivity contribution in [2.45, 2.75) is 31.2 Å². The molecule has 6 rings (SSSR count). The summed E-state index contributed by atoms with van der Waals surface area (Å²) >= 11 is 0. The molecule has 1 amide bonds. The highest BCUT2D eigenvalue weighted by atomic mass is 16.2. The molecular weight excluding hydrogens is 406 g/mol. The summed E-state index contributed by atoms with van der Waals surface area (Å²) in [4.78, 5) is 23.8. The van der Waals surface area contributed by atoms with Crippen molar-refractivity contribution in [1.82, 2.24) is 35.1 Å². The smallest absolute Gasteiger partial charge is 0.269 e. The Morgan fingerprint density at radius 3 is 2.94 bits per heavy atom. The van der Waals surface area contributed by atoms with Crippen LogP contribution in [-0.2, 0) is 0 Å². The fraction of sp³-hybridized carbons (Fsp3) is 0.318. The van der Waals surface area contributed by atoms with Gasteiger partial charge in [-0.15, -0.1) is 5.10 Å². The van der Waals surface area contributed by atoms with Crippen LogP contribution in [0.5, 0.6) is 0 Å². The summed E-state index contributed by atoms with van der Waals surface area (Å²) in [6, 6.07) is 11.9. The summed E-state index contributed by atoms with van der Waals surface area (Å²) < 4.78 is 1.81. The molecule has 1 aliphatic carbocycles. The molecule has 1 atom stereocenters. The van der Waals surface area contributed by atoms with E-state index in [1.54, 1.807) is 6.07 Å². The molecule has 4 aromatic rings. The Morgan fingerprint density at radius 2 is 2.09 bits per heavy atom. The van der Waals surface area contributed by atoms with Crippen LogP contribution in [0, 0.1) is 0 Å². The van der Waals surface area contributed by atoms with E-state index in [-0.39, 0.29) is 5.91 Å². The summed E-state index contributed by atoms with van der Waals surface area (Å²) in [6.45, 7) is 1.68. The average Bonchev–Trinajstić information content (AvgIpc) is 3.23. The number of carbonyl (C=O) groups excluding carboxylic acids is 1. The fourth-order valence-corrected chi connectivity index (χ4v) is 4.06. The van der Waals surface area contributed by atoms with Crippen molar-refractivity contribution in [3.8, 4) is 0 Å². The number of rotatable bonds is 6. The fourth-order valence-electron chi connectivity index (χ4n) is 4.06. The average molecular weight is 429 g/mol. The lowest BCUT2D eigenvalue weighted by atomic mass is 10.0. The highest BCUT2D eigenvalue weighted by Crippen LogP contribution is 2.29. The van der Waals surface area contributed by atoms with E-state index in [0.29, 0.717) is 35.2 Å². The zero-order valence-corrected chi connectivity index (χ0v) is 17.4. The van der Waals surface area contributed by atoms with E-state index in [1.807, 2.05) is 41.2 Å². The molecule has 10 heteroatoms. The molecule has 2 aliphatic rings. The number of hydrogen-bond acceptors (Lipinski definition) is 7. The maximum atomic E-state index is 12.3. The molecule has 1 saturated heterocycles. The molecular formula is C22H23N9O. The first-order chi connectivity index (χ1) is 15.7. The Hall–Kier alpha value is -3.95. The molecule has 10 nitrogen and oxygen atoms in total.